The van der Waals surface area contributed by atoms with Crippen molar-refractivity contribution in [1.29, 1.82) is 5.26 Å². The van der Waals surface area contributed by atoms with E-state index in [4.69, 9.17) is 5.26 Å². The number of rotatable bonds is 3. The lowest BCUT2D eigenvalue weighted by Crippen LogP contribution is -2.16. The Labute approximate surface area is 113 Å². The van der Waals surface area contributed by atoms with Gasteiger partial charge in [-0.3, -0.25) is 4.98 Å². The fourth-order valence-corrected chi connectivity index (χ4v) is 1.68. The Hall–Kier alpha value is -2.55. The summed E-state index contributed by atoms with van der Waals surface area (Å²) in [6, 6.07) is 11.0. The maximum atomic E-state index is 12.0. The Morgan fingerprint density at radius 3 is 2.40 bits per heavy atom. The fourth-order valence-electron chi connectivity index (χ4n) is 1.68. The van der Waals surface area contributed by atoms with E-state index < -0.39 is 6.36 Å². The van der Waals surface area contributed by atoms with Gasteiger partial charge in [0.05, 0.1) is 18.2 Å². The third-order valence-corrected chi connectivity index (χ3v) is 2.50. The van der Waals surface area contributed by atoms with Crippen molar-refractivity contribution in [2.24, 2.45) is 0 Å². The second-order valence-electron chi connectivity index (χ2n) is 3.94. The van der Waals surface area contributed by atoms with Crippen molar-refractivity contribution < 1.29 is 17.9 Å². The molecular formula is C14H9F3N2O. The van der Waals surface area contributed by atoms with Crippen LogP contribution in [0.3, 0.4) is 0 Å². The standard InChI is InChI=1S/C14H9F3N2O/c15-14(16,17)20-13-3-1-10(2-4-13)11-6-8-19-12(9-11)5-7-18/h1-4,6,8-9H,5H2. The van der Waals surface area contributed by atoms with Crippen molar-refractivity contribution in [1.82, 2.24) is 4.98 Å². The van der Waals surface area contributed by atoms with Crippen LogP contribution in [0.5, 0.6) is 5.75 Å². The number of nitrogens with zero attached hydrogens (tertiary/aromatic N) is 2. The van der Waals surface area contributed by atoms with E-state index in [0.29, 0.717) is 5.69 Å². The van der Waals surface area contributed by atoms with Crippen LogP contribution in [0.1, 0.15) is 5.69 Å². The van der Waals surface area contributed by atoms with Gasteiger partial charge in [-0.15, -0.1) is 13.2 Å². The smallest absolute Gasteiger partial charge is 0.406 e. The Bertz CT molecular complexity index is 630. The summed E-state index contributed by atoms with van der Waals surface area (Å²) in [5.74, 6) is -0.271. The van der Waals surface area contributed by atoms with Crippen LogP contribution in [-0.4, -0.2) is 11.3 Å². The van der Waals surface area contributed by atoms with Crippen LogP contribution in [0, 0.1) is 11.3 Å². The first-order valence-electron chi connectivity index (χ1n) is 5.66. The minimum absolute atomic E-state index is 0.184. The largest absolute Gasteiger partial charge is 0.573 e. The van der Waals surface area contributed by atoms with Crippen LogP contribution in [0.15, 0.2) is 42.6 Å². The third kappa shape index (κ3) is 3.72. The summed E-state index contributed by atoms with van der Waals surface area (Å²) in [4.78, 5) is 4.02. The molecule has 0 fully saturated rings. The number of ether oxygens (including phenoxy) is 1. The highest BCUT2D eigenvalue weighted by molar-refractivity contribution is 5.64. The molecule has 1 aromatic heterocycles. The topological polar surface area (TPSA) is 45.9 Å². The zero-order valence-corrected chi connectivity index (χ0v) is 10.2. The molecule has 0 saturated heterocycles. The Morgan fingerprint density at radius 1 is 1.10 bits per heavy atom. The van der Waals surface area contributed by atoms with Gasteiger partial charge < -0.3 is 4.74 Å². The predicted molar refractivity (Wildman–Crippen MR) is 65.7 cm³/mol. The molecule has 0 radical (unpaired) electrons. The number of alkyl halides is 3. The van der Waals surface area contributed by atoms with Gasteiger partial charge in [-0.2, -0.15) is 5.26 Å². The first kappa shape index (κ1) is 13.9. The highest BCUT2D eigenvalue weighted by Gasteiger charge is 2.30. The lowest BCUT2D eigenvalue weighted by molar-refractivity contribution is -0.274. The molecule has 0 spiro atoms. The van der Waals surface area contributed by atoms with Gasteiger partial charge in [-0.1, -0.05) is 12.1 Å². The number of halogens is 3. The first-order valence-corrected chi connectivity index (χ1v) is 5.66. The normalized spacial score (nSPS) is 10.9. The molecule has 0 aliphatic rings. The molecule has 1 aromatic carbocycles. The monoisotopic (exact) mass is 278 g/mol. The zero-order chi connectivity index (χ0) is 14.6. The van der Waals surface area contributed by atoms with Crippen molar-refractivity contribution in [3.8, 4) is 22.9 Å². The number of aromatic nitrogens is 1. The minimum atomic E-state index is -4.70. The summed E-state index contributed by atoms with van der Waals surface area (Å²) >= 11 is 0. The van der Waals surface area contributed by atoms with E-state index >= 15 is 0 Å². The fraction of sp³-hybridized carbons (Fsp3) is 0.143. The molecule has 1 heterocycles. The maximum absolute atomic E-state index is 12.0. The van der Waals surface area contributed by atoms with Crippen molar-refractivity contribution in [2.45, 2.75) is 12.8 Å². The van der Waals surface area contributed by atoms with Gasteiger partial charge in [0.15, 0.2) is 0 Å². The molecule has 0 unspecified atom stereocenters. The molecule has 3 nitrogen and oxygen atoms in total. The Balaban J connectivity index is 2.22. The number of pyridine rings is 1. The molecule has 2 rings (SSSR count). The quantitative estimate of drug-likeness (QED) is 0.859. The minimum Gasteiger partial charge on any atom is -0.406 e. The number of hydrogen-bond donors (Lipinski definition) is 0. The molecule has 6 heteroatoms. The molecule has 0 aliphatic heterocycles. The second kappa shape index (κ2) is 5.61. The lowest BCUT2D eigenvalue weighted by atomic mass is 10.1. The van der Waals surface area contributed by atoms with Gasteiger partial charge in [0.1, 0.15) is 5.75 Å². The summed E-state index contributed by atoms with van der Waals surface area (Å²) in [5, 5.41) is 8.61. The molecule has 0 atom stereocenters. The van der Waals surface area contributed by atoms with E-state index in [1.807, 2.05) is 6.07 Å². The summed E-state index contributed by atoms with van der Waals surface area (Å²) in [5.41, 5.74) is 2.12. The third-order valence-electron chi connectivity index (χ3n) is 2.50. The summed E-state index contributed by atoms with van der Waals surface area (Å²) < 4.78 is 39.9. The number of hydrogen-bond acceptors (Lipinski definition) is 3. The van der Waals surface area contributed by atoms with Crippen LogP contribution in [-0.2, 0) is 6.42 Å². The van der Waals surface area contributed by atoms with Crippen LogP contribution in [0.4, 0.5) is 13.2 Å². The van der Waals surface area contributed by atoms with Crippen LogP contribution in [0.25, 0.3) is 11.1 Å². The van der Waals surface area contributed by atoms with Crippen molar-refractivity contribution in [3.05, 3.63) is 48.3 Å². The molecule has 0 amide bonds. The first-order chi connectivity index (χ1) is 9.48. The average molecular weight is 278 g/mol. The summed E-state index contributed by atoms with van der Waals surface area (Å²) in [6.07, 6.45) is -2.95. The highest BCUT2D eigenvalue weighted by atomic mass is 19.4. The highest BCUT2D eigenvalue weighted by Crippen LogP contribution is 2.26. The summed E-state index contributed by atoms with van der Waals surface area (Å²) in [7, 11) is 0. The van der Waals surface area contributed by atoms with Gasteiger partial charge in [0, 0.05) is 6.20 Å². The average Bonchev–Trinajstić information content (AvgIpc) is 2.38. The molecule has 20 heavy (non-hydrogen) atoms. The number of benzene rings is 1. The van der Waals surface area contributed by atoms with Crippen LogP contribution < -0.4 is 4.74 Å². The van der Waals surface area contributed by atoms with Crippen molar-refractivity contribution in [2.75, 3.05) is 0 Å². The summed E-state index contributed by atoms with van der Waals surface area (Å²) in [6.45, 7) is 0. The molecular weight excluding hydrogens is 269 g/mol. The van der Waals surface area contributed by atoms with E-state index in [9.17, 15) is 13.2 Å². The molecule has 2 aromatic rings. The van der Waals surface area contributed by atoms with E-state index in [0.717, 1.165) is 11.1 Å². The Kier molecular flexibility index (Phi) is 3.89. The van der Waals surface area contributed by atoms with Gasteiger partial charge in [-0.05, 0) is 35.4 Å². The molecule has 0 saturated carbocycles. The number of nitriles is 1. The SMILES string of the molecule is N#CCc1cc(-c2ccc(OC(F)(F)F)cc2)ccn1. The van der Waals surface area contributed by atoms with Crippen molar-refractivity contribution in [3.63, 3.8) is 0 Å². The zero-order valence-electron chi connectivity index (χ0n) is 10.2. The van der Waals surface area contributed by atoms with Gasteiger partial charge in [0.25, 0.3) is 0 Å². The van der Waals surface area contributed by atoms with Gasteiger partial charge in [-0.25, -0.2) is 0 Å². The van der Waals surface area contributed by atoms with E-state index in [1.54, 1.807) is 18.3 Å². The predicted octanol–water partition coefficient (Wildman–Crippen LogP) is 3.71. The molecule has 0 N–H and O–H groups in total. The van der Waals surface area contributed by atoms with Crippen LogP contribution >= 0.6 is 0 Å². The molecule has 102 valence electrons. The lowest BCUT2D eigenvalue weighted by Gasteiger charge is -2.09. The Morgan fingerprint density at radius 2 is 1.80 bits per heavy atom. The van der Waals surface area contributed by atoms with E-state index in [-0.39, 0.29) is 12.2 Å². The van der Waals surface area contributed by atoms with Gasteiger partial charge in [0.2, 0.25) is 0 Å². The van der Waals surface area contributed by atoms with E-state index in [1.165, 1.54) is 24.3 Å². The second-order valence-corrected chi connectivity index (χ2v) is 3.94. The van der Waals surface area contributed by atoms with Gasteiger partial charge >= 0.3 is 6.36 Å². The van der Waals surface area contributed by atoms with Crippen LogP contribution in [0.2, 0.25) is 0 Å². The maximum Gasteiger partial charge on any atom is 0.573 e. The molecule has 0 aliphatic carbocycles. The molecule has 0 bridgehead atoms. The van der Waals surface area contributed by atoms with E-state index in [2.05, 4.69) is 9.72 Å². The van der Waals surface area contributed by atoms with Crippen molar-refractivity contribution >= 4 is 0 Å².